The minimum absolute atomic E-state index is 0.0195. The van der Waals surface area contributed by atoms with Crippen LogP contribution in [-0.4, -0.2) is 19.2 Å². The fourth-order valence-corrected chi connectivity index (χ4v) is 3.14. The van der Waals surface area contributed by atoms with Crippen molar-refractivity contribution < 1.29 is 18.7 Å². The van der Waals surface area contributed by atoms with E-state index in [1.165, 1.54) is 39.7 Å². The minimum atomic E-state index is -0.199. The van der Waals surface area contributed by atoms with Crippen LogP contribution >= 0.6 is 0 Å². The van der Waals surface area contributed by atoms with Crippen molar-refractivity contribution in [1.29, 1.82) is 0 Å². The summed E-state index contributed by atoms with van der Waals surface area (Å²) in [5, 5.41) is 0. The first kappa shape index (κ1) is 22.3. The van der Waals surface area contributed by atoms with Gasteiger partial charge in [-0.15, -0.1) is 0 Å². The molecule has 0 saturated heterocycles. The summed E-state index contributed by atoms with van der Waals surface area (Å²) in [6, 6.07) is 0. The molecule has 26 heavy (non-hydrogen) atoms. The molecule has 0 saturated carbocycles. The lowest BCUT2D eigenvalue weighted by atomic mass is 10.0. The predicted molar refractivity (Wildman–Crippen MR) is 103 cm³/mol. The first-order valence-electron chi connectivity index (χ1n) is 9.71. The number of carbonyl (C=O) groups excluding carboxylic acids is 1. The van der Waals surface area contributed by atoms with Crippen molar-refractivity contribution in [3.05, 3.63) is 27.1 Å². The molecule has 5 heteroatoms. The summed E-state index contributed by atoms with van der Waals surface area (Å²) >= 11 is 0. The molecule has 0 aliphatic heterocycles. The lowest BCUT2D eigenvalue weighted by Crippen LogP contribution is -2.13. The van der Waals surface area contributed by atoms with Gasteiger partial charge in [-0.25, -0.2) is 0 Å². The van der Waals surface area contributed by atoms with Crippen LogP contribution in [0.5, 0.6) is 5.95 Å². The van der Waals surface area contributed by atoms with E-state index >= 15 is 0 Å². The van der Waals surface area contributed by atoms with Crippen molar-refractivity contribution in [1.82, 2.24) is 0 Å². The predicted octanol–water partition coefficient (Wildman–Crippen LogP) is 4.88. The van der Waals surface area contributed by atoms with Crippen LogP contribution in [-0.2, 0) is 16.0 Å². The lowest BCUT2D eigenvalue weighted by molar-refractivity contribution is -0.145. The Hall–Kier alpha value is -1.78. The van der Waals surface area contributed by atoms with E-state index in [1.54, 1.807) is 6.92 Å². The first-order valence-corrected chi connectivity index (χ1v) is 9.71. The molecule has 0 fully saturated rings. The Bertz CT molecular complexity index is 618. The molecule has 1 rings (SSSR count). The third-order valence-electron chi connectivity index (χ3n) is 4.69. The fourth-order valence-electron chi connectivity index (χ4n) is 3.14. The number of hydrogen-bond acceptors (Lipinski definition) is 5. The number of hydrogen-bond donors (Lipinski definition) is 0. The topological polar surface area (TPSA) is 65.7 Å². The summed E-state index contributed by atoms with van der Waals surface area (Å²) in [4.78, 5) is 23.0. The fraction of sp³-hybridized carbons (Fsp3) is 0.714. The summed E-state index contributed by atoms with van der Waals surface area (Å²) in [5.74, 6) is 0.880. The maximum Gasteiger partial charge on any atom is 0.302 e. The summed E-state index contributed by atoms with van der Waals surface area (Å²) in [5.41, 5.74) is 1.26. The molecule has 0 radical (unpaired) electrons. The Balaban J connectivity index is 2.17. The molecule has 0 N–H and O–H groups in total. The zero-order valence-electron chi connectivity index (χ0n) is 17.0. The van der Waals surface area contributed by atoms with E-state index in [4.69, 9.17) is 13.9 Å². The van der Waals surface area contributed by atoms with E-state index in [-0.39, 0.29) is 17.5 Å². The molecular weight excluding hydrogens is 332 g/mol. The van der Waals surface area contributed by atoms with Crippen molar-refractivity contribution in [2.45, 2.75) is 91.6 Å². The van der Waals surface area contributed by atoms with E-state index in [0.29, 0.717) is 17.1 Å². The van der Waals surface area contributed by atoms with Crippen LogP contribution in [0.25, 0.3) is 0 Å². The summed E-state index contributed by atoms with van der Waals surface area (Å²) in [6.45, 7) is 6.95. The summed E-state index contributed by atoms with van der Waals surface area (Å²) in [6.07, 6.45) is 9.76. The van der Waals surface area contributed by atoms with Crippen molar-refractivity contribution in [2.24, 2.45) is 0 Å². The number of ether oxygens (including phenoxy) is 2. The van der Waals surface area contributed by atoms with Gasteiger partial charge in [-0.1, -0.05) is 32.1 Å². The molecular formula is C21H34O5. The zero-order valence-corrected chi connectivity index (χ0v) is 17.0. The number of carbonyl (C=O) groups is 1. The molecule has 1 aromatic rings. The lowest BCUT2D eigenvalue weighted by Gasteiger charge is -2.11. The second-order valence-electron chi connectivity index (χ2n) is 7.03. The van der Waals surface area contributed by atoms with Crippen molar-refractivity contribution in [3.8, 4) is 5.95 Å². The molecule has 0 aliphatic carbocycles. The van der Waals surface area contributed by atoms with E-state index in [0.717, 1.165) is 37.9 Å². The maximum atomic E-state index is 12.1. The Morgan fingerprint density at radius 3 is 2.15 bits per heavy atom. The molecule has 1 aromatic heterocycles. The largest absolute Gasteiger partial charge is 0.468 e. The van der Waals surface area contributed by atoms with Crippen molar-refractivity contribution in [3.63, 3.8) is 0 Å². The second kappa shape index (κ2) is 11.8. The molecule has 1 atom stereocenters. The molecule has 0 aliphatic rings. The van der Waals surface area contributed by atoms with E-state index in [1.807, 2.05) is 13.8 Å². The number of aryl methyl sites for hydroxylation is 1. The SMILES string of the molecule is COc1oc(CCCCCCCCC[C@H](C)OC(C)=O)c(C)c(=O)c1C. The highest BCUT2D eigenvalue weighted by Gasteiger charge is 2.13. The van der Waals surface area contributed by atoms with Gasteiger partial charge in [0, 0.05) is 18.9 Å². The second-order valence-corrected chi connectivity index (χ2v) is 7.03. The van der Waals surface area contributed by atoms with Gasteiger partial charge < -0.3 is 13.9 Å². The van der Waals surface area contributed by atoms with Gasteiger partial charge in [0.2, 0.25) is 0 Å². The Labute approximate surface area is 157 Å². The maximum absolute atomic E-state index is 12.1. The third-order valence-corrected chi connectivity index (χ3v) is 4.69. The Morgan fingerprint density at radius 2 is 1.58 bits per heavy atom. The number of methoxy groups -OCH3 is 1. The smallest absolute Gasteiger partial charge is 0.302 e. The monoisotopic (exact) mass is 366 g/mol. The third kappa shape index (κ3) is 7.63. The van der Waals surface area contributed by atoms with Crippen LogP contribution in [0.3, 0.4) is 0 Å². The number of rotatable bonds is 12. The number of unbranched alkanes of at least 4 members (excludes halogenated alkanes) is 6. The van der Waals surface area contributed by atoms with E-state index in [9.17, 15) is 9.59 Å². The van der Waals surface area contributed by atoms with Crippen LogP contribution in [0.2, 0.25) is 0 Å². The standard InChI is InChI=1S/C21H34O5/c1-15(25-18(4)22)13-11-9-7-6-8-10-12-14-19-16(2)20(23)17(3)21(24-5)26-19/h15H,6-14H2,1-5H3/t15-/m0/s1. The van der Waals surface area contributed by atoms with Crippen LogP contribution in [0.15, 0.2) is 9.21 Å². The molecule has 0 spiro atoms. The van der Waals surface area contributed by atoms with E-state index in [2.05, 4.69) is 0 Å². The van der Waals surface area contributed by atoms with Crippen LogP contribution in [0, 0.1) is 13.8 Å². The molecule has 0 amide bonds. The van der Waals surface area contributed by atoms with Gasteiger partial charge in [0.1, 0.15) is 5.76 Å². The molecule has 0 aromatic carbocycles. The van der Waals surface area contributed by atoms with Crippen LogP contribution < -0.4 is 10.2 Å². The summed E-state index contributed by atoms with van der Waals surface area (Å²) < 4.78 is 16.0. The highest BCUT2D eigenvalue weighted by molar-refractivity contribution is 5.66. The molecule has 0 unspecified atom stereocenters. The van der Waals surface area contributed by atoms with Crippen molar-refractivity contribution >= 4 is 5.97 Å². The molecule has 5 nitrogen and oxygen atoms in total. The van der Waals surface area contributed by atoms with Crippen molar-refractivity contribution in [2.75, 3.05) is 7.11 Å². The first-order chi connectivity index (χ1) is 12.4. The van der Waals surface area contributed by atoms with Gasteiger partial charge in [0.15, 0.2) is 5.43 Å². The van der Waals surface area contributed by atoms with E-state index < -0.39 is 0 Å². The zero-order chi connectivity index (χ0) is 19.5. The minimum Gasteiger partial charge on any atom is -0.468 e. The Morgan fingerprint density at radius 1 is 1.00 bits per heavy atom. The summed E-state index contributed by atoms with van der Waals surface area (Å²) in [7, 11) is 1.53. The van der Waals surface area contributed by atoms with Gasteiger partial charge in [-0.3, -0.25) is 9.59 Å². The van der Waals surface area contributed by atoms with Crippen LogP contribution in [0.1, 0.15) is 82.1 Å². The highest BCUT2D eigenvalue weighted by Crippen LogP contribution is 2.20. The number of esters is 1. The molecule has 0 bridgehead atoms. The van der Waals surface area contributed by atoms with Gasteiger partial charge in [0.05, 0.1) is 18.8 Å². The molecule has 148 valence electrons. The Kier molecular flexibility index (Phi) is 10.1. The van der Waals surface area contributed by atoms with Gasteiger partial charge in [0.25, 0.3) is 5.95 Å². The average molecular weight is 366 g/mol. The average Bonchev–Trinajstić information content (AvgIpc) is 2.59. The van der Waals surface area contributed by atoms with Gasteiger partial charge in [-0.2, -0.15) is 0 Å². The quantitative estimate of drug-likeness (QED) is 0.389. The molecule has 1 heterocycles. The normalized spacial score (nSPS) is 12.0. The highest BCUT2D eigenvalue weighted by atomic mass is 16.6. The van der Waals surface area contributed by atoms with Gasteiger partial charge >= 0.3 is 5.97 Å². The van der Waals surface area contributed by atoms with Gasteiger partial charge in [-0.05, 0) is 40.0 Å². The van der Waals surface area contributed by atoms with Crippen LogP contribution in [0.4, 0.5) is 0 Å².